The SMILES string of the molecule is CN(C)C(=O)c1cccc(C(O)(O)N2CCCC2)n1. The first-order valence-electron chi connectivity index (χ1n) is 6.32. The molecule has 0 saturated carbocycles. The highest BCUT2D eigenvalue weighted by molar-refractivity contribution is 5.91. The van der Waals surface area contributed by atoms with E-state index in [1.807, 2.05) is 0 Å². The molecule has 1 aromatic heterocycles. The van der Waals surface area contributed by atoms with Crippen LogP contribution in [-0.2, 0) is 5.91 Å². The molecule has 0 aromatic carbocycles. The predicted octanol–water partition coefficient (Wildman–Crippen LogP) is -0.0259. The number of pyridine rings is 1. The standard InChI is InChI=1S/C13H19N3O3/c1-15(2)12(17)10-6-5-7-11(14-10)13(18,19)16-8-3-4-9-16/h5-7,18-19H,3-4,8-9H2,1-2H3. The molecule has 1 aliphatic rings. The average Bonchev–Trinajstić information content (AvgIpc) is 2.92. The fourth-order valence-electron chi connectivity index (χ4n) is 2.16. The Morgan fingerprint density at radius 3 is 2.53 bits per heavy atom. The Hall–Kier alpha value is -1.50. The number of hydrogen-bond donors (Lipinski definition) is 2. The van der Waals surface area contributed by atoms with Crippen LogP contribution in [0, 0.1) is 0 Å². The number of rotatable bonds is 3. The first kappa shape index (κ1) is 13.9. The molecule has 0 bridgehead atoms. The maximum atomic E-state index is 11.8. The highest BCUT2D eigenvalue weighted by atomic mass is 16.5. The van der Waals surface area contributed by atoms with Crippen molar-refractivity contribution in [1.82, 2.24) is 14.8 Å². The highest BCUT2D eigenvalue weighted by Crippen LogP contribution is 2.25. The van der Waals surface area contributed by atoms with Crippen LogP contribution < -0.4 is 0 Å². The molecule has 6 heteroatoms. The number of carbonyl (C=O) groups is 1. The fourth-order valence-corrected chi connectivity index (χ4v) is 2.16. The Morgan fingerprint density at radius 2 is 1.95 bits per heavy atom. The third-order valence-corrected chi connectivity index (χ3v) is 3.27. The molecule has 0 atom stereocenters. The van der Waals surface area contributed by atoms with Gasteiger partial charge in [0.15, 0.2) is 0 Å². The van der Waals surface area contributed by atoms with Crippen LogP contribution in [0.4, 0.5) is 0 Å². The van der Waals surface area contributed by atoms with Crippen LogP contribution in [0.15, 0.2) is 18.2 Å². The normalized spacial score (nSPS) is 16.6. The van der Waals surface area contributed by atoms with Crippen LogP contribution in [0.25, 0.3) is 0 Å². The van der Waals surface area contributed by atoms with Gasteiger partial charge in [0.1, 0.15) is 11.4 Å². The first-order valence-corrected chi connectivity index (χ1v) is 6.32. The lowest BCUT2D eigenvalue weighted by atomic mass is 10.2. The van der Waals surface area contributed by atoms with Crippen molar-refractivity contribution in [2.75, 3.05) is 27.2 Å². The predicted molar refractivity (Wildman–Crippen MR) is 69.2 cm³/mol. The largest absolute Gasteiger partial charge is 0.348 e. The van der Waals surface area contributed by atoms with E-state index in [1.165, 1.54) is 11.0 Å². The summed E-state index contributed by atoms with van der Waals surface area (Å²) >= 11 is 0. The summed E-state index contributed by atoms with van der Waals surface area (Å²) in [6.45, 7) is 1.22. The van der Waals surface area contributed by atoms with Crippen molar-refractivity contribution in [2.24, 2.45) is 0 Å². The molecule has 1 aliphatic heterocycles. The summed E-state index contributed by atoms with van der Waals surface area (Å²) < 4.78 is 0. The zero-order chi connectivity index (χ0) is 14.0. The second kappa shape index (κ2) is 5.24. The van der Waals surface area contributed by atoms with Gasteiger partial charge < -0.3 is 15.1 Å². The van der Waals surface area contributed by atoms with Gasteiger partial charge in [-0.3, -0.25) is 4.79 Å². The van der Waals surface area contributed by atoms with E-state index in [9.17, 15) is 15.0 Å². The topological polar surface area (TPSA) is 76.9 Å². The van der Waals surface area contributed by atoms with E-state index in [0.717, 1.165) is 12.8 Å². The molecule has 0 aliphatic carbocycles. The summed E-state index contributed by atoms with van der Waals surface area (Å²) in [6.07, 6.45) is 1.86. The van der Waals surface area contributed by atoms with Crippen molar-refractivity contribution in [1.29, 1.82) is 0 Å². The van der Waals surface area contributed by atoms with Gasteiger partial charge in [-0.05, 0) is 25.0 Å². The minimum Gasteiger partial charge on any atom is -0.348 e. The van der Waals surface area contributed by atoms with Crippen LogP contribution in [0.2, 0.25) is 0 Å². The lowest BCUT2D eigenvalue weighted by Gasteiger charge is -2.31. The van der Waals surface area contributed by atoms with Gasteiger partial charge in [-0.15, -0.1) is 0 Å². The highest BCUT2D eigenvalue weighted by Gasteiger charge is 2.37. The Bertz CT molecular complexity index is 468. The summed E-state index contributed by atoms with van der Waals surface area (Å²) in [4.78, 5) is 18.9. The number of aromatic nitrogens is 1. The molecule has 104 valence electrons. The van der Waals surface area contributed by atoms with Crippen molar-refractivity contribution in [3.63, 3.8) is 0 Å². The van der Waals surface area contributed by atoms with Gasteiger partial charge in [0.2, 0.25) is 0 Å². The van der Waals surface area contributed by atoms with Crippen molar-refractivity contribution in [3.8, 4) is 0 Å². The van der Waals surface area contributed by atoms with Crippen LogP contribution in [0.3, 0.4) is 0 Å². The average molecular weight is 265 g/mol. The first-order chi connectivity index (χ1) is 8.93. The third kappa shape index (κ3) is 2.75. The number of amides is 1. The lowest BCUT2D eigenvalue weighted by Crippen LogP contribution is -2.45. The van der Waals surface area contributed by atoms with E-state index in [0.29, 0.717) is 13.1 Å². The molecular weight excluding hydrogens is 246 g/mol. The molecule has 0 radical (unpaired) electrons. The maximum Gasteiger partial charge on any atom is 0.271 e. The van der Waals surface area contributed by atoms with Gasteiger partial charge in [0.05, 0.1) is 0 Å². The van der Waals surface area contributed by atoms with E-state index in [-0.39, 0.29) is 17.3 Å². The summed E-state index contributed by atoms with van der Waals surface area (Å²) in [5, 5.41) is 20.4. The van der Waals surface area contributed by atoms with E-state index >= 15 is 0 Å². The minimum atomic E-state index is -2.11. The van der Waals surface area contributed by atoms with Crippen molar-refractivity contribution in [2.45, 2.75) is 18.8 Å². The molecule has 2 heterocycles. The Morgan fingerprint density at radius 1 is 1.32 bits per heavy atom. The second-order valence-corrected chi connectivity index (χ2v) is 4.94. The van der Waals surface area contributed by atoms with Gasteiger partial charge in [-0.1, -0.05) is 6.07 Å². The molecule has 1 aromatic rings. The van der Waals surface area contributed by atoms with Crippen molar-refractivity contribution >= 4 is 5.91 Å². The summed E-state index contributed by atoms with van der Waals surface area (Å²) in [5.74, 6) is -2.38. The molecule has 19 heavy (non-hydrogen) atoms. The number of carbonyl (C=O) groups excluding carboxylic acids is 1. The van der Waals surface area contributed by atoms with Gasteiger partial charge in [-0.25, -0.2) is 9.88 Å². The molecular formula is C13H19N3O3. The van der Waals surface area contributed by atoms with Crippen LogP contribution in [0.5, 0.6) is 0 Å². The summed E-state index contributed by atoms with van der Waals surface area (Å²) in [6, 6.07) is 4.69. The smallest absolute Gasteiger partial charge is 0.271 e. The second-order valence-electron chi connectivity index (χ2n) is 4.94. The number of nitrogens with zero attached hydrogens (tertiary/aromatic N) is 3. The fraction of sp³-hybridized carbons (Fsp3) is 0.538. The molecule has 1 saturated heterocycles. The van der Waals surface area contributed by atoms with Crippen LogP contribution in [0.1, 0.15) is 29.0 Å². The van der Waals surface area contributed by atoms with E-state index in [4.69, 9.17) is 0 Å². The Labute approximate surface area is 112 Å². The molecule has 0 unspecified atom stereocenters. The van der Waals surface area contributed by atoms with Gasteiger partial charge >= 0.3 is 0 Å². The Kier molecular flexibility index (Phi) is 3.84. The molecule has 6 nitrogen and oxygen atoms in total. The lowest BCUT2D eigenvalue weighted by molar-refractivity contribution is -0.271. The monoisotopic (exact) mass is 265 g/mol. The molecule has 2 N–H and O–H groups in total. The molecule has 2 rings (SSSR count). The number of aliphatic hydroxyl groups is 2. The van der Waals surface area contributed by atoms with Gasteiger partial charge in [0.25, 0.3) is 11.8 Å². The summed E-state index contributed by atoms with van der Waals surface area (Å²) in [7, 11) is 3.25. The van der Waals surface area contributed by atoms with Gasteiger partial charge in [-0.2, -0.15) is 0 Å². The van der Waals surface area contributed by atoms with E-state index in [2.05, 4.69) is 4.98 Å². The third-order valence-electron chi connectivity index (χ3n) is 3.27. The number of hydrogen-bond acceptors (Lipinski definition) is 5. The van der Waals surface area contributed by atoms with Crippen molar-refractivity contribution in [3.05, 3.63) is 29.6 Å². The summed E-state index contributed by atoms with van der Waals surface area (Å²) in [5.41, 5.74) is 0.288. The Balaban J connectivity index is 2.29. The molecule has 1 fully saturated rings. The van der Waals surface area contributed by atoms with Crippen LogP contribution >= 0.6 is 0 Å². The molecule has 0 spiro atoms. The maximum absolute atomic E-state index is 11.8. The zero-order valence-corrected chi connectivity index (χ0v) is 11.2. The van der Waals surface area contributed by atoms with E-state index in [1.54, 1.807) is 31.1 Å². The minimum absolute atomic E-state index is 0.0853. The van der Waals surface area contributed by atoms with Crippen molar-refractivity contribution < 1.29 is 15.0 Å². The molecule has 1 amide bonds. The van der Waals surface area contributed by atoms with E-state index < -0.39 is 5.91 Å². The quantitative estimate of drug-likeness (QED) is 0.751. The van der Waals surface area contributed by atoms with Crippen LogP contribution in [-0.4, -0.2) is 58.1 Å². The zero-order valence-electron chi connectivity index (χ0n) is 11.2. The number of likely N-dealkylation sites (tertiary alicyclic amines) is 1. The van der Waals surface area contributed by atoms with Gasteiger partial charge in [0, 0.05) is 27.2 Å².